The Bertz CT molecular complexity index is 354. The average molecular weight is 256 g/mol. The lowest BCUT2D eigenvalue weighted by atomic mass is 10.0. The van der Waals surface area contributed by atoms with Crippen molar-refractivity contribution in [2.75, 3.05) is 0 Å². The molecule has 102 valence electrons. The molecule has 6 nitrogen and oxygen atoms in total. The highest BCUT2D eigenvalue weighted by Crippen LogP contribution is 2.17. The van der Waals surface area contributed by atoms with Gasteiger partial charge in [-0.25, -0.2) is 9.59 Å². The topological polar surface area (TPSA) is 102 Å². The van der Waals surface area contributed by atoms with Crippen LogP contribution in [0.5, 0.6) is 0 Å². The van der Waals surface area contributed by atoms with Gasteiger partial charge in [0.05, 0.1) is 0 Å². The van der Waals surface area contributed by atoms with E-state index >= 15 is 0 Å². The van der Waals surface area contributed by atoms with E-state index in [1.165, 1.54) is 6.07 Å². The largest absolute Gasteiger partial charge is 0.457 e. The van der Waals surface area contributed by atoms with Crippen molar-refractivity contribution >= 4 is 11.9 Å². The Morgan fingerprint density at radius 1 is 0.944 bits per heavy atom. The lowest BCUT2D eigenvalue weighted by molar-refractivity contribution is -0.173. The third-order valence-electron chi connectivity index (χ3n) is 1.62. The molecule has 0 bridgehead atoms. The molecule has 18 heavy (non-hydrogen) atoms. The highest BCUT2D eigenvalue weighted by Gasteiger charge is 2.48. The molecule has 0 aromatic rings. The minimum atomic E-state index is -2.44. The Morgan fingerprint density at radius 3 is 1.39 bits per heavy atom. The van der Waals surface area contributed by atoms with E-state index in [-0.39, 0.29) is 0 Å². The maximum absolute atomic E-state index is 11.8. The van der Waals surface area contributed by atoms with E-state index in [2.05, 4.69) is 0 Å². The normalized spacial score (nSPS) is 12.6. The minimum absolute atomic E-state index is 0.847. The molecule has 0 fully saturated rings. The summed E-state index contributed by atoms with van der Waals surface area (Å²) in [5.74, 6) is -2.24. The summed E-state index contributed by atoms with van der Waals surface area (Å²) in [4.78, 5) is 23.5. The fourth-order valence-electron chi connectivity index (χ4n) is 0.892. The van der Waals surface area contributed by atoms with Crippen molar-refractivity contribution in [3.8, 4) is 6.07 Å². The summed E-state index contributed by atoms with van der Waals surface area (Å²) in [6.07, 6.45) is 0. The summed E-state index contributed by atoms with van der Waals surface area (Å²) in [7, 11) is 0. The van der Waals surface area contributed by atoms with Gasteiger partial charge in [-0.3, -0.25) is 5.73 Å². The van der Waals surface area contributed by atoms with Crippen LogP contribution in [0.4, 0.5) is 0 Å². The number of hydrogen-bond donors (Lipinski definition) is 1. The summed E-state index contributed by atoms with van der Waals surface area (Å²) >= 11 is 0. The molecule has 0 aliphatic carbocycles. The molecule has 2 N–H and O–H groups in total. The molecule has 0 heterocycles. The van der Waals surface area contributed by atoms with Crippen LogP contribution in [0, 0.1) is 11.3 Å². The van der Waals surface area contributed by atoms with Crippen molar-refractivity contribution in [1.82, 2.24) is 0 Å². The van der Waals surface area contributed by atoms with E-state index in [9.17, 15) is 9.59 Å². The number of rotatable bonds is 2. The first kappa shape index (κ1) is 16.4. The van der Waals surface area contributed by atoms with Crippen molar-refractivity contribution in [3.05, 3.63) is 0 Å². The second-order valence-electron chi connectivity index (χ2n) is 5.92. The lowest BCUT2D eigenvalue weighted by Gasteiger charge is -2.28. The maximum Gasteiger partial charge on any atom is 0.353 e. The molecule has 6 heteroatoms. The summed E-state index contributed by atoms with van der Waals surface area (Å²) < 4.78 is 9.88. The molecule has 0 radical (unpaired) electrons. The number of nitrogens with two attached hydrogens (primary N) is 1. The predicted octanol–water partition coefficient (Wildman–Crippen LogP) is 0.891. The molecule has 0 aromatic carbocycles. The Hall–Kier alpha value is -1.61. The summed E-state index contributed by atoms with van der Waals surface area (Å²) in [6, 6.07) is 1.45. The Kier molecular flexibility index (Phi) is 4.50. The molecule has 0 atom stereocenters. The van der Waals surface area contributed by atoms with Gasteiger partial charge < -0.3 is 9.47 Å². The van der Waals surface area contributed by atoms with Crippen LogP contribution < -0.4 is 5.73 Å². The molecule has 0 rings (SSSR count). The standard InChI is InChI=1S/C12H20N2O4/c1-10(2,3)17-8(15)12(14,7-13)9(16)18-11(4,5)6/h14H2,1-6H3. The third-order valence-corrected chi connectivity index (χ3v) is 1.62. The van der Waals surface area contributed by atoms with Gasteiger partial charge >= 0.3 is 11.9 Å². The molecule has 0 aliphatic heterocycles. The van der Waals surface area contributed by atoms with Gasteiger partial charge in [0.1, 0.15) is 17.3 Å². The number of ether oxygens (including phenoxy) is 2. The van der Waals surface area contributed by atoms with E-state index in [4.69, 9.17) is 20.5 Å². The summed E-state index contributed by atoms with van der Waals surface area (Å²) in [5, 5.41) is 8.94. The number of nitrogens with zero attached hydrogens (tertiary/aromatic N) is 1. The van der Waals surface area contributed by atoms with E-state index in [0.29, 0.717) is 0 Å². The predicted molar refractivity (Wildman–Crippen MR) is 64.2 cm³/mol. The van der Waals surface area contributed by atoms with Gasteiger partial charge in [-0.15, -0.1) is 0 Å². The molecular formula is C12H20N2O4. The Labute approximate surface area is 107 Å². The van der Waals surface area contributed by atoms with Crippen LogP contribution in [0.25, 0.3) is 0 Å². The summed E-state index contributed by atoms with van der Waals surface area (Å²) in [5.41, 5.74) is 1.35. The van der Waals surface area contributed by atoms with Crippen LogP contribution in [0.15, 0.2) is 0 Å². The first-order chi connectivity index (χ1) is 7.82. The molecule has 0 spiro atoms. The van der Waals surface area contributed by atoms with Gasteiger partial charge in [0.25, 0.3) is 5.54 Å². The highest BCUT2D eigenvalue weighted by atomic mass is 16.6. The number of carbonyl (C=O) groups excluding carboxylic acids is 2. The Balaban J connectivity index is 5.10. The smallest absolute Gasteiger partial charge is 0.353 e. The average Bonchev–Trinajstić information content (AvgIpc) is 2.10. The fourth-order valence-corrected chi connectivity index (χ4v) is 0.892. The number of esters is 2. The molecule has 0 amide bonds. The van der Waals surface area contributed by atoms with Crippen molar-refractivity contribution in [2.24, 2.45) is 5.73 Å². The molecule has 0 unspecified atom stereocenters. The first-order valence-electron chi connectivity index (χ1n) is 5.49. The van der Waals surface area contributed by atoms with Gasteiger partial charge in [0.15, 0.2) is 0 Å². The van der Waals surface area contributed by atoms with Crippen LogP contribution in [0.3, 0.4) is 0 Å². The first-order valence-corrected chi connectivity index (χ1v) is 5.49. The SMILES string of the molecule is CC(C)(C)OC(=O)C(N)(C#N)C(=O)OC(C)(C)C. The minimum Gasteiger partial charge on any atom is -0.457 e. The second kappa shape index (κ2) is 4.94. The Morgan fingerprint density at radius 2 is 1.22 bits per heavy atom. The van der Waals surface area contributed by atoms with Crippen molar-refractivity contribution in [2.45, 2.75) is 58.3 Å². The van der Waals surface area contributed by atoms with Crippen molar-refractivity contribution in [1.29, 1.82) is 5.26 Å². The molecular weight excluding hydrogens is 236 g/mol. The van der Waals surface area contributed by atoms with Crippen molar-refractivity contribution < 1.29 is 19.1 Å². The second-order valence-corrected chi connectivity index (χ2v) is 5.92. The zero-order chi connectivity index (χ0) is 14.8. The van der Waals surface area contributed by atoms with E-state index in [0.717, 1.165) is 0 Å². The zero-order valence-electron chi connectivity index (χ0n) is 11.7. The number of hydrogen-bond acceptors (Lipinski definition) is 6. The van der Waals surface area contributed by atoms with Gasteiger partial charge in [-0.1, -0.05) is 0 Å². The highest BCUT2D eigenvalue weighted by molar-refractivity contribution is 6.08. The summed E-state index contributed by atoms with van der Waals surface area (Å²) in [6.45, 7) is 9.65. The van der Waals surface area contributed by atoms with E-state index < -0.39 is 28.7 Å². The molecule has 0 saturated carbocycles. The van der Waals surface area contributed by atoms with E-state index in [1.807, 2.05) is 0 Å². The van der Waals surface area contributed by atoms with Gasteiger partial charge in [0.2, 0.25) is 0 Å². The molecule has 0 saturated heterocycles. The fraction of sp³-hybridized carbons (Fsp3) is 0.750. The molecule has 0 aliphatic rings. The van der Waals surface area contributed by atoms with Crippen LogP contribution in [-0.2, 0) is 19.1 Å². The van der Waals surface area contributed by atoms with Crippen LogP contribution in [0.1, 0.15) is 41.5 Å². The van der Waals surface area contributed by atoms with Crippen LogP contribution >= 0.6 is 0 Å². The quantitative estimate of drug-likeness (QED) is 0.581. The van der Waals surface area contributed by atoms with Gasteiger partial charge in [-0.05, 0) is 41.5 Å². The van der Waals surface area contributed by atoms with Crippen molar-refractivity contribution in [3.63, 3.8) is 0 Å². The zero-order valence-corrected chi connectivity index (χ0v) is 11.7. The lowest BCUT2D eigenvalue weighted by Crippen LogP contribution is -2.58. The number of carbonyl (C=O) groups is 2. The monoisotopic (exact) mass is 256 g/mol. The van der Waals surface area contributed by atoms with E-state index in [1.54, 1.807) is 41.5 Å². The maximum atomic E-state index is 11.8. The van der Waals surface area contributed by atoms with Crippen LogP contribution in [0.2, 0.25) is 0 Å². The third kappa shape index (κ3) is 4.72. The number of nitriles is 1. The van der Waals surface area contributed by atoms with Gasteiger partial charge in [-0.2, -0.15) is 5.26 Å². The molecule has 0 aromatic heterocycles. The van der Waals surface area contributed by atoms with Crippen LogP contribution in [-0.4, -0.2) is 28.7 Å². The van der Waals surface area contributed by atoms with Gasteiger partial charge in [0, 0.05) is 0 Å².